The molecule has 7 nitrogen and oxygen atoms in total. The molecule has 2 aromatic rings. The number of carbonyl (C=O) groups is 1. The van der Waals surface area contributed by atoms with E-state index in [-0.39, 0.29) is 5.56 Å². The monoisotopic (exact) mass is 409 g/mol. The highest BCUT2D eigenvalue weighted by Gasteiger charge is 2.31. The summed E-state index contributed by atoms with van der Waals surface area (Å²) < 4.78 is 41.0. The SMILES string of the molecule is Cc1nc(N2CCN(C)CC2)nc(C)c1NC(=O)c1cccc(OC(F)(F)F)c1. The fourth-order valence-corrected chi connectivity index (χ4v) is 3.05. The number of anilines is 2. The summed E-state index contributed by atoms with van der Waals surface area (Å²) in [5.41, 5.74) is 1.65. The summed E-state index contributed by atoms with van der Waals surface area (Å²) in [6.07, 6.45) is -4.82. The van der Waals surface area contributed by atoms with Gasteiger partial charge < -0.3 is 19.9 Å². The van der Waals surface area contributed by atoms with Gasteiger partial charge in [0.05, 0.1) is 17.1 Å². The standard InChI is InChI=1S/C19H22F3N5O2/c1-12-16(13(2)24-18(23-12)27-9-7-26(3)8-10-27)25-17(28)14-5-4-6-15(11-14)29-19(20,21)22/h4-6,11H,7-10H2,1-3H3,(H,25,28). The van der Waals surface area contributed by atoms with Gasteiger partial charge in [0.15, 0.2) is 0 Å². The Bertz CT molecular complexity index is 873. The number of alkyl halides is 3. The van der Waals surface area contributed by atoms with E-state index in [4.69, 9.17) is 0 Å². The average Bonchev–Trinajstić information content (AvgIpc) is 2.64. The smallest absolute Gasteiger partial charge is 0.406 e. The van der Waals surface area contributed by atoms with Crippen molar-refractivity contribution in [2.45, 2.75) is 20.2 Å². The lowest BCUT2D eigenvalue weighted by Gasteiger charge is -2.32. The summed E-state index contributed by atoms with van der Waals surface area (Å²) in [6.45, 7) is 6.97. The second-order valence-corrected chi connectivity index (χ2v) is 6.89. The van der Waals surface area contributed by atoms with Crippen molar-refractivity contribution in [1.29, 1.82) is 0 Å². The zero-order chi connectivity index (χ0) is 21.2. The highest BCUT2D eigenvalue weighted by Crippen LogP contribution is 2.25. The predicted octanol–water partition coefficient (Wildman–Crippen LogP) is 3.00. The molecule has 0 unspecified atom stereocenters. The Morgan fingerprint density at radius 1 is 1.10 bits per heavy atom. The van der Waals surface area contributed by atoms with Crippen LogP contribution in [-0.4, -0.2) is 60.4 Å². The van der Waals surface area contributed by atoms with E-state index in [1.54, 1.807) is 13.8 Å². The molecule has 1 saturated heterocycles. The van der Waals surface area contributed by atoms with Crippen molar-refractivity contribution < 1.29 is 22.7 Å². The molecule has 156 valence electrons. The molecule has 1 aliphatic heterocycles. The Balaban J connectivity index is 1.76. The number of nitrogens with one attached hydrogen (secondary N) is 1. The van der Waals surface area contributed by atoms with Crippen LogP contribution in [0.2, 0.25) is 0 Å². The first kappa shape index (κ1) is 20.8. The Morgan fingerprint density at radius 3 is 2.31 bits per heavy atom. The first-order chi connectivity index (χ1) is 13.6. The number of aryl methyl sites for hydroxylation is 2. The number of nitrogens with zero attached hydrogens (tertiary/aromatic N) is 4. The molecular weight excluding hydrogens is 387 g/mol. The molecule has 1 aromatic carbocycles. The van der Waals surface area contributed by atoms with E-state index in [1.165, 1.54) is 12.1 Å². The van der Waals surface area contributed by atoms with Crippen LogP contribution in [0.3, 0.4) is 0 Å². The molecule has 0 radical (unpaired) electrons. The van der Waals surface area contributed by atoms with E-state index in [9.17, 15) is 18.0 Å². The van der Waals surface area contributed by atoms with Crippen LogP contribution in [0, 0.1) is 13.8 Å². The summed E-state index contributed by atoms with van der Waals surface area (Å²) in [5, 5.41) is 2.69. The number of benzene rings is 1. The summed E-state index contributed by atoms with van der Waals surface area (Å²) in [4.78, 5) is 25.9. The van der Waals surface area contributed by atoms with Gasteiger partial charge in [-0.05, 0) is 39.1 Å². The Labute approximate surface area is 166 Å². The molecule has 1 fully saturated rings. The molecule has 1 amide bonds. The van der Waals surface area contributed by atoms with Crippen molar-refractivity contribution in [1.82, 2.24) is 14.9 Å². The van der Waals surface area contributed by atoms with E-state index in [1.807, 2.05) is 0 Å². The van der Waals surface area contributed by atoms with Crippen molar-refractivity contribution in [3.63, 3.8) is 0 Å². The largest absolute Gasteiger partial charge is 0.573 e. The van der Waals surface area contributed by atoms with Gasteiger partial charge in [0, 0.05) is 31.7 Å². The fraction of sp³-hybridized carbons (Fsp3) is 0.421. The van der Waals surface area contributed by atoms with Gasteiger partial charge in [-0.1, -0.05) is 6.07 Å². The number of hydrogen-bond donors (Lipinski definition) is 1. The van der Waals surface area contributed by atoms with Crippen LogP contribution < -0.4 is 15.0 Å². The third kappa shape index (κ3) is 5.35. The van der Waals surface area contributed by atoms with Crippen LogP contribution in [0.25, 0.3) is 0 Å². The normalized spacial score (nSPS) is 15.3. The van der Waals surface area contributed by atoms with Gasteiger partial charge in [0.2, 0.25) is 5.95 Å². The van der Waals surface area contributed by atoms with Gasteiger partial charge in [0.1, 0.15) is 5.75 Å². The number of halogens is 3. The minimum Gasteiger partial charge on any atom is -0.406 e. The number of hydrogen-bond acceptors (Lipinski definition) is 6. The summed E-state index contributed by atoms with van der Waals surface area (Å²) in [6, 6.07) is 4.90. The van der Waals surface area contributed by atoms with Crippen LogP contribution in [0.4, 0.5) is 24.8 Å². The number of ether oxygens (including phenoxy) is 1. The van der Waals surface area contributed by atoms with E-state index in [2.05, 4.69) is 36.9 Å². The average molecular weight is 409 g/mol. The van der Waals surface area contributed by atoms with Crippen LogP contribution >= 0.6 is 0 Å². The first-order valence-electron chi connectivity index (χ1n) is 9.08. The van der Waals surface area contributed by atoms with E-state index >= 15 is 0 Å². The molecule has 1 aliphatic rings. The van der Waals surface area contributed by atoms with E-state index < -0.39 is 18.0 Å². The molecule has 0 aliphatic carbocycles. The molecule has 29 heavy (non-hydrogen) atoms. The molecule has 3 rings (SSSR count). The van der Waals surface area contributed by atoms with Crippen LogP contribution in [-0.2, 0) is 0 Å². The summed E-state index contributed by atoms with van der Waals surface area (Å²) >= 11 is 0. The highest BCUT2D eigenvalue weighted by atomic mass is 19.4. The zero-order valence-corrected chi connectivity index (χ0v) is 16.4. The van der Waals surface area contributed by atoms with Crippen LogP contribution in [0.5, 0.6) is 5.75 Å². The van der Waals surface area contributed by atoms with Gasteiger partial charge in [-0.15, -0.1) is 13.2 Å². The zero-order valence-electron chi connectivity index (χ0n) is 16.4. The number of aromatic nitrogens is 2. The maximum atomic E-state index is 12.5. The predicted molar refractivity (Wildman–Crippen MR) is 102 cm³/mol. The summed E-state index contributed by atoms with van der Waals surface area (Å²) in [5.74, 6) is -0.424. The molecular formula is C19H22F3N5O2. The summed E-state index contributed by atoms with van der Waals surface area (Å²) in [7, 11) is 2.06. The molecule has 10 heteroatoms. The van der Waals surface area contributed by atoms with Gasteiger partial charge in [-0.25, -0.2) is 9.97 Å². The van der Waals surface area contributed by atoms with Crippen molar-refractivity contribution in [2.75, 3.05) is 43.4 Å². The number of carbonyl (C=O) groups excluding carboxylic acids is 1. The topological polar surface area (TPSA) is 70.6 Å². The molecule has 1 aromatic heterocycles. The number of rotatable bonds is 4. The van der Waals surface area contributed by atoms with Crippen molar-refractivity contribution in [3.05, 3.63) is 41.2 Å². The highest BCUT2D eigenvalue weighted by molar-refractivity contribution is 6.05. The van der Waals surface area contributed by atoms with Crippen molar-refractivity contribution in [3.8, 4) is 5.75 Å². The number of piperazine rings is 1. The van der Waals surface area contributed by atoms with E-state index in [0.717, 1.165) is 38.3 Å². The van der Waals surface area contributed by atoms with E-state index in [0.29, 0.717) is 23.0 Å². The Hall–Kier alpha value is -2.88. The quantitative estimate of drug-likeness (QED) is 0.837. The van der Waals surface area contributed by atoms with Gasteiger partial charge in [0.25, 0.3) is 5.91 Å². The molecule has 2 heterocycles. The lowest BCUT2D eigenvalue weighted by Crippen LogP contribution is -2.45. The van der Waals surface area contributed by atoms with Gasteiger partial charge >= 0.3 is 6.36 Å². The van der Waals surface area contributed by atoms with Crippen molar-refractivity contribution in [2.24, 2.45) is 0 Å². The Morgan fingerprint density at radius 2 is 1.72 bits per heavy atom. The lowest BCUT2D eigenvalue weighted by molar-refractivity contribution is -0.274. The Kier molecular flexibility index (Phi) is 5.92. The number of likely N-dealkylation sites (N-methyl/N-ethyl adjacent to an activating group) is 1. The lowest BCUT2D eigenvalue weighted by atomic mass is 10.2. The van der Waals surface area contributed by atoms with Crippen LogP contribution in [0.15, 0.2) is 24.3 Å². The minimum atomic E-state index is -4.82. The van der Waals surface area contributed by atoms with Gasteiger partial charge in [-0.3, -0.25) is 4.79 Å². The third-order valence-electron chi connectivity index (χ3n) is 4.61. The second-order valence-electron chi connectivity index (χ2n) is 6.89. The second kappa shape index (κ2) is 8.24. The number of amides is 1. The molecule has 0 bridgehead atoms. The molecule has 1 N–H and O–H groups in total. The fourth-order valence-electron chi connectivity index (χ4n) is 3.05. The molecule has 0 saturated carbocycles. The van der Waals surface area contributed by atoms with Crippen molar-refractivity contribution >= 4 is 17.5 Å². The minimum absolute atomic E-state index is 0.0358. The van der Waals surface area contributed by atoms with Gasteiger partial charge in [-0.2, -0.15) is 0 Å². The van der Waals surface area contributed by atoms with Crippen LogP contribution in [0.1, 0.15) is 21.7 Å². The maximum absolute atomic E-state index is 12.5. The third-order valence-corrected chi connectivity index (χ3v) is 4.61. The molecule has 0 spiro atoms. The molecule has 0 atom stereocenters. The first-order valence-corrected chi connectivity index (χ1v) is 9.08. The maximum Gasteiger partial charge on any atom is 0.573 e.